The van der Waals surface area contributed by atoms with Gasteiger partial charge in [0.25, 0.3) is 5.72 Å². The molecule has 2 aromatic carbocycles. The summed E-state index contributed by atoms with van der Waals surface area (Å²) in [5, 5.41) is 0. The van der Waals surface area contributed by atoms with E-state index in [-0.39, 0.29) is 11.6 Å². The van der Waals surface area contributed by atoms with Gasteiger partial charge in [-0.3, -0.25) is 4.90 Å². The lowest BCUT2D eigenvalue weighted by atomic mass is 9.90. The van der Waals surface area contributed by atoms with Crippen LogP contribution in [-0.2, 0) is 10.5 Å². The van der Waals surface area contributed by atoms with Crippen LogP contribution in [0.25, 0.3) is 0 Å². The molecule has 2 fully saturated rings. The first-order chi connectivity index (χ1) is 11.2. The Hall–Kier alpha value is -1.78. The van der Waals surface area contributed by atoms with Crippen LogP contribution in [0.1, 0.15) is 30.4 Å². The van der Waals surface area contributed by atoms with Gasteiger partial charge in [-0.25, -0.2) is 8.78 Å². The lowest BCUT2D eigenvalue weighted by Gasteiger charge is -2.38. The zero-order valence-corrected chi connectivity index (χ0v) is 12.9. The van der Waals surface area contributed by atoms with Crippen LogP contribution < -0.4 is 4.90 Å². The van der Waals surface area contributed by atoms with Crippen LogP contribution in [0.5, 0.6) is 0 Å². The number of rotatable bonds is 2. The number of hydrogen-bond donors (Lipinski definition) is 1. The van der Waals surface area contributed by atoms with Crippen LogP contribution in [0.4, 0.5) is 8.78 Å². The number of nitrogens with one attached hydrogen (secondary N) is 1. The average Bonchev–Trinajstić information content (AvgIpc) is 2.97. The van der Waals surface area contributed by atoms with Gasteiger partial charge in [0.15, 0.2) is 0 Å². The third-order valence-electron chi connectivity index (χ3n) is 5.20. The molecule has 4 heteroatoms. The first-order valence-corrected chi connectivity index (χ1v) is 8.22. The molecule has 0 spiro atoms. The molecule has 0 saturated carbocycles. The van der Waals surface area contributed by atoms with E-state index < -0.39 is 5.72 Å². The van der Waals surface area contributed by atoms with Crippen molar-refractivity contribution in [1.82, 2.24) is 0 Å². The predicted octanol–water partition coefficient (Wildman–Crippen LogP) is 2.63. The normalized spacial score (nSPS) is 26.0. The van der Waals surface area contributed by atoms with Crippen molar-refractivity contribution in [3.05, 3.63) is 71.3 Å². The van der Waals surface area contributed by atoms with Crippen LogP contribution in [-0.4, -0.2) is 19.2 Å². The Morgan fingerprint density at radius 3 is 2.00 bits per heavy atom. The first-order valence-electron chi connectivity index (χ1n) is 8.22. The number of quaternary nitrogens is 1. The maximum absolute atomic E-state index is 13.4. The average molecular weight is 316 g/mol. The van der Waals surface area contributed by atoms with Crippen molar-refractivity contribution in [3.63, 3.8) is 0 Å². The molecule has 2 saturated heterocycles. The molecular formula is C19H20F2NO+. The Morgan fingerprint density at radius 2 is 1.43 bits per heavy atom. The summed E-state index contributed by atoms with van der Waals surface area (Å²) in [7, 11) is 0. The van der Waals surface area contributed by atoms with E-state index in [1.807, 2.05) is 0 Å². The Morgan fingerprint density at radius 1 is 0.870 bits per heavy atom. The molecule has 2 aliphatic rings. The Bertz CT molecular complexity index is 638. The van der Waals surface area contributed by atoms with Crippen molar-refractivity contribution in [1.29, 1.82) is 0 Å². The maximum Gasteiger partial charge on any atom is 0.256 e. The highest BCUT2D eigenvalue weighted by molar-refractivity contribution is 5.34. The van der Waals surface area contributed by atoms with Gasteiger partial charge in [-0.15, -0.1) is 0 Å². The third-order valence-corrected chi connectivity index (χ3v) is 5.20. The number of halogens is 2. The molecule has 120 valence electrons. The number of ether oxygens (including phenoxy) is 1. The summed E-state index contributed by atoms with van der Waals surface area (Å²) in [4.78, 5) is 1.36. The van der Waals surface area contributed by atoms with E-state index in [1.165, 1.54) is 35.6 Å². The summed E-state index contributed by atoms with van der Waals surface area (Å²) in [6.07, 6.45) is 3.51. The Kier molecular flexibility index (Phi) is 3.66. The molecule has 23 heavy (non-hydrogen) atoms. The van der Waals surface area contributed by atoms with Crippen molar-refractivity contribution in [3.8, 4) is 0 Å². The molecule has 0 radical (unpaired) electrons. The van der Waals surface area contributed by atoms with Crippen LogP contribution >= 0.6 is 0 Å². The number of piperidine rings is 1. The monoisotopic (exact) mass is 316 g/mol. The zero-order chi connectivity index (χ0) is 15.9. The standard InChI is InChI=1S/C19H19F2NO/c20-16-8-4-14(5-9-16)19(15-6-10-17(21)11-7-15)22-12-2-1-3-18(22)13-23-19/h4-11,18H,1-3,12-13H2/p+1. The number of hydrogen-bond acceptors (Lipinski definition) is 1. The second-order valence-electron chi connectivity index (χ2n) is 6.47. The van der Waals surface area contributed by atoms with Crippen LogP contribution in [0, 0.1) is 11.6 Å². The predicted molar refractivity (Wildman–Crippen MR) is 83.0 cm³/mol. The highest BCUT2D eigenvalue weighted by Crippen LogP contribution is 2.33. The number of fused-ring (bicyclic) bond motifs is 1. The molecule has 0 bridgehead atoms. The van der Waals surface area contributed by atoms with Crippen molar-refractivity contribution < 1.29 is 18.4 Å². The zero-order valence-electron chi connectivity index (χ0n) is 12.9. The van der Waals surface area contributed by atoms with Crippen LogP contribution in [0.3, 0.4) is 0 Å². The second kappa shape index (κ2) is 5.69. The lowest BCUT2D eigenvalue weighted by Crippen LogP contribution is -3.20. The molecule has 0 aliphatic carbocycles. The van der Waals surface area contributed by atoms with Crippen molar-refractivity contribution >= 4 is 0 Å². The molecular weight excluding hydrogens is 296 g/mol. The largest absolute Gasteiger partial charge is 0.313 e. The highest BCUT2D eigenvalue weighted by Gasteiger charge is 2.55. The topological polar surface area (TPSA) is 13.7 Å². The van der Waals surface area contributed by atoms with Gasteiger partial charge in [0.2, 0.25) is 0 Å². The molecule has 2 nitrogen and oxygen atoms in total. The number of benzene rings is 2. The third kappa shape index (κ3) is 2.37. The van der Waals surface area contributed by atoms with Gasteiger partial charge in [-0.2, -0.15) is 0 Å². The minimum Gasteiger partial charge on any atom is -0.313 e. The molecule has 2 unspecified atom stereocenters. The molecule has 2 aliphatic heterocycles. The second-order valence-corrected chi connectivity index (χ2v) is 6.47. The van der Waals surface area contributed by atoms with E-state index in [0.717, 1.165) is 30.5 Å². The highest BCUT2D eigenvalue weighted by atomic mass is 19.1. The molecule has 2 aromatic rings. The Balaban J connectivity index is 1.86. The fourth-order valence-corrected chi connectivity index (χ4v) is 4.12. The van der Waals surface area contributed by atoms with E-state index in [9.17, 15) is 8.78 Å². The summed E-state index contributed by atoms with van der Waals surface area (Å²) in [6.45, 7) is 1.70. The summed E-state index contributed by atoms with van der Waals surface area (Å²) in [5.41, 5.74) is 1.21. The van der Waals surface area contributed by atoms with Gasteiger partial charge >= 0.3 is 0 Å². The quantitative estimate of drug-likeness (QED) is 0.899. The first kappa shape index (κ1) is 14.8. The van der Waals surface area contributed by atoms with Crippen molar-refractivity contribution in [2.45, 2.75) is 31.0 Å². The van der Waals surface area contributed by atoms with E-state index in [2.05, 4.69) is 0 Å². The molecule has 0 amide bonds. The molecule has 2 atom stereocenters. The fourth-order valence-electron chi connectivity index (χ4n) is 4.12. The van der Waals surface area contributed by atoms with Crippen LogP contribution in [0.2, 0.25) is 0 Å². The van der Waals surface area contributed by atoms with Crippen LogP contribution in [0.15, 0.2) is 48.5 Å². The van der Waals surface area contributed by atoms with E-state index >= 15 is 0 Å². The summed E-state index contributed by atoms with van der Waals surface area (Å²) < 4.78 is 33.1. The van der Waals surface area contributed by atoms with Gasteiger partial charge in [0, 0.05) is 17.5 Å². The van der Waals surface area contributed by atoms with Crippen molar-refractivity contribution in [2.75, 3.05) is 13.2 Å². The molecule has 4 rings (SSSR count). The van der Waals surface area contributed by atoms with E-state index in [0.29, 0.717) is 12.6 Å². The molecule has 2 heterocycles. The smallest absolute Gasteiger partial charge is 0.256 e. The minimum absolute atomic E-state index is 0.258. The fraction of sp³-hybridized carbons (Fsp3) is 0.368. The minimum atomic E-state index is -0.660. The van der Waals surface area contributed by atoms with Gasteiger partial charge in [0.05, 0.1) is 6.54 Å². The Labute approximate surface area is 134 Å². The van der Waals surface area contributed by atoms with E-state index in [4.69, 9.17) is 4.74 Å². The maximum atomic E-state index is 13.4. The van der Waals surface area contributed by atoms with E-state index in [1.54, 1.807) is 24.3 Å². The SMILES string of the molecule is Fc1ccc(C2(c3ccc(F)cc3)OCC3CCCC[NH+]32)cc1. The van der Waals surface area contributed by atoms with Gasteiger partial charge in [0.1, 0.15) is 24.3 Å². The lowest BCUT2D eigenvalue weighted by molar-refractivity contribution is -0.981. The summed E-state index contributed by atoms with van der Waals surface area (Å²) >= 11 is 0. The van der Waals surface area contributed by atoms with Crippen molar-refractivity contribution in [2.24, 2.45) is 0 Å². The van der Waals surface area contributed by atoms with Gasteiger partial charge in [-0.05, 0) is 61.4 Å². The van der Waals surface area contributed by atoms with Gasteiger partial charge in [-0.1, -0.05) is 0 Å². The molecule has 1 N–H and O–H groups in total. The summed E-state index contributed by atoms with van der Waals surface area (Å²) in [5.74, 6) is -0.516. The summed E-state index contributed by atoms with van der Waals surface area (Å²) in [6, 6.07) is 13.5. The molecule has 0 aromatic heterocycles. The van der Waals surface area contributed by atoms with Gasteiger partial charge < -0.3 is 4.74 Å².